The number of hydrogen-bond acceptors (Lipinski definition) is 3. The van der Waals surface area contributed by atoms with Gasteiger partial charge in [0.05, 0.1) is 19.3 Å². The molecule has 0 radical (unpaired) electrons. The molecule has 21 heavy (non-hydrogen) atoms. The summed E-state index contributed by atoms with van der Waals surface area (Å²) in [5.74, 6) is 1.63. The number of benzene rings is 2. The second-order valence-electron chi connectivity index (χ2n) is 4.83. The molecule has 2 aromatic rings. The van der Waals surface area contributed by atoms with Crippen molar-refractivity contribution in [3.8, 4) is 11.5 Å². The van der Waals surface area contributed by atoms with Crippen LogP contribution >= 0.6 is 0 Å². The predicted molar refractivity (Wildman–Crippen MR) is 83.7 cm³/mol. The smallest absolute Gasteiger partial charge is 0.125 e. The number of aliphatic hydroxyl groups is 1. The van der Waals surface area contributed by atoms with Crippen molar-refractivity contribution in [1.82, 2.24) is 0 Å². The maximum absolute atomic E-state index is 9.96. The van der Waals surface area contributed by atoms with Crippen molar-refractivity contribution >= 4 is 0 Å². The normalized spacial score (nSPS) is 11.9. The lowest BCUT2D eigenvalue weighted by atomic mass is 10.1. The van der Waals surface area contributed by atoms with Gasteiger partial charge >= 0.3 is 0 Å². The lowest BCUT2D eigenvalue weighted by Gasteiger charge is -2.15. The third kappa shape index (κ3) is 4.80. The first kappa shape index (κ1) is 15.4. The van der Waals surface area contributed by atoms with Crippen molar-refractivity contribution in [2.45, 2.75) is 25.9 Å². The molecule has 0 fully saturated rings. The molecule has 3 nitrogen and oxygen atoms in total. The van der Waals surface area contributed by atoms with Gasteiger partial charge in [-0.25, -0.2) is 0 Å². The molecule has 0 unspecified atom stereocenters. The Morgan fingerprint density at radius 3 is 2.33 bits per heavy atom. The van der Waals surface area contributed by atoms with Gasteiger partial charge < -0.3 is 14.6 Å². The standard InChI is InChI=1S/C18H22O3/c1-2-17(19)16-11-6-7-12-18(16)21-14-8-13-20-15-9-4-3-5-10-15/h3-7,9-12,17,19H,2,8,13-14H2,1H3/t17-/m0/s1. The molecule has 112 valence electrons. The van der Waals surface area contributed by atoms with E-state index in [1.54, 1.807) is 0 Å². The van der Waals surface area contributed by atoms with E-state index in [1.807, 2.05) is 61.5 Å². The van der Waals surface area contributed by atoms with Crippen LogP contribution in [0.3, 0.4) is 0 Å². The largest absolute Gasteiger partial charge is 0.493 e. The summed E-state index contributed by atoms with van der Waals surface area (Å²) in [6.45, 7) is 3.14. The fraction of sp³-hybridized carbons (Fsp3) is 0.333. The first-order valence-electron chi connectivity index (χ1n) is 7.39. The fourth-order valence-corrected chi connectivity index (χ4v) is 2.05. The topological polar surface area (TPSA) is 38.7 Å². The number of ether oxygens (including phenoxy) is 2. The molecule has 3 heteroatoms. The number of aliphatic hydroxyl groups excluding tert-OH is 1. The van der Waals surface area contributed by atoms with Gasteiger partial charge in [0.1, 0.15) is 11.5 Å². The zero-order chi connectivity index (χ0) is 14.9. The second kappa shape index (κ2) is 8.32. The maximum atomic E-state index is 9.96. The van der Waals surface area contributed by atoms with Crippen molar-refractivity contribution in [3.63, 3.8) is 0 Å². The van der Waals surface area contributed by atoms with Crippen molar-refractivity contribution in [2.75, 3.05) is 13.2 Å². The Morgan fingerprint density at radius 1 is 0.905 bits per heavy atom. The predicted octanol–water partition coefficient (Wildman–Crippen LogP) is 3.98. The molecule has 0 aliphatic carbocycles. The molecule has 0 saturated heterocycles. The van der Waals surface area contributed by atoms with E-state index in [2.05, 4.69) is 0 Å². The molecule has 0 aliphatic heterocycles. The van der Waals surface area contributed by atoms with E-state index in [1.165, 1.54) is 0 Å². The van der Waals surface area contributed by atoms with Crippen LogP contribution in [0.2, 0.25) is 0 Å². The van der Waals surface area contributed by atoms with Crippen LogP contribution in [0.4, 0.5) is 0 Å². The molecule has 0 aliphatic rings. The highest BCUT2D eigenvalue weighted by Gasteiger charge is 2.10. The molecule has 0 amide bonds. The summed E-state index contributed by atoms with van der Waals surface area (Å²) in [6.07, 6.45) is 1.00. The third-order valence-electron chi connectivity index (χ3n) is 3.22. The minimum atomic E-state index is -0.471. The highest BCUT2D eigenvalue weighted by atomic mass is 16.5. The Kier molecular flexibility index (Phi) is 6.10. The van der Waals surface area contributed by atoms with Crippen LogP contribution in [0.1, 0.15) is 31.4 Å². The minimum Gasteiger partial charge on any atom is -0.493 e. The Hall–Kier alpha value is -2.00. The highest BCUT2D eigenvalue weighted by Crippen LogP contribution is 2.26. The van der Waals surface area contributed by atoms with Crippen LogP contribution in [-0.2, 0) is 0 Å². The van der Waals surface area contributed by atoms with Crippen LogP contribution in [0.25, 0.3) is 0 Å². The number of rotatable bonds is 8. The van der Waals surface area contributed by atoms with Crippen LogP contribution in [-0.4, -0.2) is 18.3 Å². The van der Waals surface area contributed by atoms with Gasteiger partial charge in [0.15, 0.2) is 0 Å². The minimum absolute atomic E-state index is 0.471. The summed E-state index contributed by atoms with van der Waals surface area (Å²) in [4.78, 5) is 0. The van der Waals surface area contributed by atoms with Gasteiger partial charge in [-0.3, -0.25) is 0 Å². The van der Waals surface area contributed by atoms with Crippen molar-refractivity contribution < 1.29 is 14.6 Å². The summed E-state index contributed by atoms with van der Waals surface area (Å²) >= 11 is 0. The third-order valence-corrected chi connectivity index (χ3v) is 3.22. The van der Waals surface area contributed by atoms with Crippen molar-refractivity contribution in [3.05, 3.63) is 60.2 Å². The zero-order valence-electron chi connectivity index (χ0n) is 12.4. The Labute approximate surface area is 126 Å². The van der Waals surface area contributed by atoms with Gasteiger partial charge in [0, 0.05) is 12.0 Å². The van der Waals surface area contributed by atoms with Crippen LogP contribution in [0.15, 0.2) is 54.6 Å². The van der Waals surface area contributed by atoms with Crippen LogP contribution in [0.5, 0.6) is 11.5 Å². The summed E-state index contributed by atoms with van der Waals surface area (Å²) in [5, 5.41) is 9.96. The van der Waals surface area contributed by atoms with Gasteiger partial charge in [-0.15, -0.1) is 0 Å². The molecular weight excluding hydrogens is 264 g/mol. The molecule has 1 atom stereocenters. The van der Waals surface area contributed by atoms with Crippen molar-refractivity contribution in [1.29, 1.82) is 0 Å². The first-order valence-corrected chi connectivity index (χ1v) is 7.39. The molecule has 2 aromatic carbocycles. The molecule has 0 bridgehead atoms. The molecule has 0 spiro atoms. The number of hydrogen-bond donors (Lipinski definition) is 1. The molecule has 0 heterocycles. The van der Waals surface area contributed by atoms with E-state index < -0.39 is 6.10 Å². The van der Waals surface area contributed by atoms with Gasteiger partial charge in [0.2, 0.25) is 0 Å². The average molecular weight is 286 g/mol. The summed E-state index contributed by atoms with van der Waals surface area (Å²) in [7, 11) is 0. The highest BCUT2D eigenvalue weighted by molar-refractivity contribution is 5.35. The van der Waals surface area contributed by atoms with E-state index in [9.17, 15) is 5.11 Å². The summed E-state index contributed by atoms with van der Waals surface area (Å²) in [5.41, 5.74) is 0.851. The Morgan fingerprint density at radius 2 is 1.57 bits per heavy atom. The SMILES string of the molecule is CC[C@H](O)c1ccccc1OCCCOc1ccccc1. The molecule has 0 saturated carbocycles. The summed E-state index contributed by atoms with van der Waals surface area (Å²) < 4.78 is 11.4. The van der Waals surface area contributed by atoms with E-state index in [0.29, 0.717) is 19.6 Å². The lowest BCUT2D eigenvalue weighted by molar-refractivity contribution is 0.165. The van der Waals surface area contributed by atoms with E-state index in [0.717, 1.165) is 23.5 Å². The van der Waals surface area contributed by atoms with Gasteiger partial charge in [-0.05, 0) is 24.6 Å². The quantitative estimate of drug-likeness (QED) is 0.746. The molecule has 0 aromatic heterocycles. The molecule has 2 rings (SSSR count). The molecule has 1 N–H and O–H groups in total. The first-order chi connectivity index (χ1) is 10.3. The Balaban J connectivity index is 1.76. The van der Waals surface area contributed by atoms with Gasteiger partial charge in [-0.1, -0.05) is 43.3 Å². The van der Waals surface area contributed by atoms with E-state index in [4.69, 9.17) is 9.47 Å². The second-order valence-corrected chi connectivity index (χ2v) is 4.83. The van der Waals surface area contributed by atoms with Crippen molar-refractivity contribution in [2.24, 2.45) is 0 Å². The zero-order valence-corrected chi connectivity index (χ0v) is 12.4. The average Bonchev–Trinajstić information content (AvgIpc) is 2.55. The van der Waals surface area contributed by atoms with Gasteiger partial charge in [0.25, 0.3) is 0 Å². The summed E-state index contributed by atoms with van der Waals surface area (Å²) in [6, 6.07) is 17.4. The fourth-order valence-electron chi connectivity index (χ4n) is 2.05. The molecular formula is C18H22O3. The van der Waals surface area contributed by atoms with E-state index in [-0.39, 0.29) is 0 Å². The lowest BCUT2D eigenvalue weighted by Crippen LogP contribution is -2.07. The van der Waals surface area contributed by atoms with Gasteiger partial charge in [-0.2, -0.15) is 0 Å². The van der Waals surface area contributed by atoms with Crippen LogP contribution < -0.4 is 9.47 Å². The maximum Gasteiger partial charge on any atom is 0.125 e. The van der Waals surface area contributed by atoms with E-state index >= 15 is 0 Å². The number of para-hydroxylation sites is 2. The van der Waals surface area contributed by atoms with Crippen LogP contribution in [0, 0.1) is 0 Å². The monoisotopic (exact) mass is 286 g/mol. The Bertz CT molecular complexity index is 525.